The number of pyridine rings is 1. The van der Waals surface area contributed by atoms with Crippen molar-refractivity contribution in [2.24, 2.45) is 0 Å². The van der Waals surface area contributed by atoms with Crippen LogP contribution in [0.1, 0.15) is 47.1 Å². The van der Waals surface area contributed by atoms with E-state index in [0.29, 0.717) is 41.8 Å². The van der Waals surface area contributed by atoms with E-state index in [1.54, 1.807) is 12.1 Å². The van der Waals surface area contributed by atoms with E-state index in [-0.39, 0.29) is 11.7 Å². The zero-order chi connectivity index (χ0) is 22.9. The molecule has 2 aliphatic heterocycles. The summed E-state index contributed by atoms with van der Waals surface area (Å²) in [6, 6.07) is 8.89. The molecule has 0 amide bonds. The Kier molecular flexibility index (Phi) is 6.32. The first kappa shape index (κ1) is 22.3. The van der Waals surface area contributed by atoms with Gasteiger partial charge in [0.2, 0.25) is 0 Å². The van der Waals surface area contributed by atoms with E-state index in [2.05, 4.69) is 9.88 Å². The van der Waals surface area contributed by atoms with Crippen molar-refractivity contribution in [3.63, 3.8) is 0 Å². The van der Waals surface area contributed by atoms with E-state index in [1.165, 1.54) is 13.2 Å². The maximum absolute atomic E-state index is 15.4. The van der Waals surface area contributed by atoms with Crippen LogP contribution in [0.2, 0.25) is 5.15 Å². The summed E-state index contributed by atoms with van der Waals surface area (Å²) in [6.45, 7) is 3.60. The molecule has 0 aliphatic carbocycles. The summed E-state index contributed by atoms with van der Waals surface area (Å²) >= 11 is 6.06. The number of ether oxygens (including phenoxy) is 2. The van der Waals surface area contributed by atoms with Crippen molar-refractivity contribution in [3.8, 4) is 0 Å². The minimum atomic E-state index is -0.694. The Hall–Kier alpha value is -2.55. The van der Waals surface area contributed by atoms with Gasteiger partial charge in [-0.2, -0.15) is 0 Å². The third-order valence-corrected chi connectivity index (χ3v) is 6.83. The molecule has 3 aromatic rings. The number of likely N-dealkylation sites (tertiary alicyclic amines) is 1. The van der Waals surface area contributed by atoms with Crippen LogP contribution in [0.15, 0.2) is 30.3 Å². The first-order valence-corrected chi connectivity index (χ1v) is 11.6. The number of methoxy groups -OCH3 is 1. The average Bonchev–Trinajstić information content (AvgIpc) is 3.14. The monoisotopic (exact) mass is 472 g/mol. The summed E-state index contributed by atoms with van der Waals surface area (Å²) in [4.78, 5) is 23.6. The molecule has 0 spiro atoms. The molecule has 0 N–H and O–H groups in total. The highest BCUT2D eigenvalue weighted by Gasteiger charge is 2.28. The number of esters is 1. The van der Waals surface area contributed by atoms with Crippen LogP contribution in [0.4, 0.5) is 4.39 Å². The summed E-state index contributed by atoms with van der Waals surface area (Å²) in [5, 5.41) is 0.523. The van der Waals surface area contributed by atoms with E-state index in [0.717, 1.165) is 43.9 Å². The highest BCUT2D eigenvalue weighted by molar-refractivity contribution is 6.29. The molecule has 0 saturated carbocycles. The van der Waals surface area contributed by atoms with Gasteiger partial charge in [0.05, 0.1) is 37.4 Å². The number of rotatable bonds is 6. The highest BCUT2D eigenvalue weighted by atomic mass is 35.5. The topological polar surface area (TPSA) is 69.5 Å². The van der Waals surface area contributed by atoms with Gasteiger partial charge in [-0.3, -0.25) is 4.90 Å². The molecule has 0 unspecified atom stereocenters. The number of aromatic nitrogens is 3. The molecule has 2 saturated heterocycles. The Balaban J connectivity index is 1.39. The first-order chi connectivity index (χ1) is 16.0. The number of nitrogens with zero attached hydrogens (tertiary/aromatic N) is 4. The smallest absolute Gasteiger partial charge is 0.340 e. The van der Waals surface area contributed by atoms with Gasteiger partial charge in [0.15, 0.2) is 5.82 Å². The van der Waals surface area contributed by atoms with Crippen molar-refractivity contribution in [2.45, 2.75) is 44.4 Å². The minimum absolute atomic E-state index is 0.0296. The van der Waals surface area contributed by atoms with Crippen LogP contribution in [0.5, 0.6) is 0 Å². The maximum Gasteiger partial charge on any atom is 0.340 e. The fourth-order valence-electron chi connectivity index (χ4n) is 4.69. The van der Waals surface area contributed by atoms with Gasteiger partial charge in [-0.15, -0.1) is 0 Å². The van der Waals surface area contributed by atoms with Gasteiger partial charge in [0, 0.05) is 18.2 Å². The van der Waals surface area contributed by atoms with Gasteiger partial charge in [-0.1, -0.05) is 17.7 Å². The maximum atomic E-state index is 15.4. The lowest BCUT2D eigenvalue weighted by molar-refractivity contribution is -0.0592. The standard InChI is InChI=1S/C24H26ClFN4O3/c1-32-24(31)17-5-6-19-23(22(17)26)30(13-16-9-12-33-16)21(28-19)14-29-10-7-15(8-11-29)18-3-2-4-20(25)27-18/h2-6,15-16H,7-14H2,1H3/t16-/m0/s1. The largest absolute Gasteiger partial charge is 0.465 e. The number of hydrogen-bond acceptors (Lipinski definition) is 6. The number of benzene rings is 1. The van der Waals surface area contributed by atoms with Crippen LogP contribution in [-0.2, 0) is 22.6 Å². The summed E-state index contributed by atoms with van der Waals surface area (Å²) in [6.07, 6.45) is 2.90. The van der Waals surface area contributed by atoms with Crippen LogP contribution in [-0.4, -0.2) is 58.3 Å². The first-order valence-electron chi connectivity index (χ1n) is 11.3. The summed E-state index contributed by atoms with van der Waals surface area (Å²) in [7, 11) is 1.25. The van der Waals surface area contributed by atoms with Gasteiger partial charge in [0.25, 0.3) is 0 Å². The van der Waals surface area contributed by atoms with Crippen molar-refractivity contribution in [2.75, 3.05) is 26.8 Å². The zero-order valence-corrected chi connectivity index (χ0v) is 19.2. The number of piperidine rings is 1. The van der Waals surface area contributed by atoms with Crippen LogP contribution in [0.25, 0.3) is 11.0 Å². The van der Waals surface area contributed by atoms with E-state index in [1.807, 2.05) is 16.7 Å². The molecular formula is C24H26ClFN4O3. The van der Waals surface area contributed by atoms with Crippen LogP contribution in [0.3, 0.4) is 0 Å². The molecule has 7 nitrogen and oxygen atoms in total. The van der Waals surface area contributed by atoms with Crippen LogP contribution < -0.4 is 0 Å². The second-order valence-corrected chi connectivity index (χ2v) is 9.03. The Morgan fingerprint density at radius 1 is 1.21 bits per heavy atom. The van der Waals surface area contributed by atoms with E-state index < -0.39 is 11.8 Å². The second kappa shape index (κ2) is 9.37. The molecule has 0 radical (unpaired) electrons. The van der Waals surface area contributed by atoms with Gasteiger partial charge < -0.3 is 14.0 Å². The lowest BCUT2D eigenvalue weighted by atomic mass is 9.93. The molecule has 1 aromatic carbocycles. The molecular weight excluding hydrogens is 447 g/mol. The molecule has 2 aliphatic rings. The number of fused-ring (bicyclic) bond motifs is 1. The average molecular weight is 473 g/mol. The van der Waals surface area contributed by atoms with Gasteiger partial charge >= 0.3 is 5.97 Å². The predicted octanol–water partition coefficient (Wildman–Crippen LogP) is 4.18. The number of carbonyl (C=O) groups excluding carboxylic acids is 1. The van der Waals surface area contributed by atoms with Crippen molar-refractivity contribution in [1.82, 2.24) is 19.4 Å². The number of hydrogen-bond donors (Lipinski definition) is 0. The third-order valence-electron chi connectivity index (χ3n) is 6.62. The number of imidazole rings is 1. The molecule has 9 heteroatoms. The molecule has 0 bridgehead atoms. The summed E-state index contributed by atoms with van der Waals surface area (Å²) in [5.74, 6) is -0.133. The van der Waals surface area contributed by atoms with Gasteiger partial charge in [-0.25, -0.2) is 19.2 Å². The van der Waals surface area contributed by atoms with Gasteiger partial charge in [0.1, 0.15) is 16.5 Å². The SMILES string of the molecule is COC(=O)c1ccc2nc(CN3CCC(c4cccc(Cl)n4)CC3)n(C[C@@H]3CCO3)c2c1F. The van der Waals surface area contributed by atoms with E-state index in [9.17, 15) is 4.79 Å². The Bertz CT molecular complexity index is 1170. The fraction of sp³-hybridized carbons (Fsp3) is 0.458. The molecule has 33 heavy (non-hydrogen) atoms. The lowest BCUT2D eigenvalue weighted by Gasteiger charge is -2.32. The number of halogens is 2. The van der Waals surface area contributed by atoms with Crippen molar-refractivity contribution >= 4 is 28.6 Å². The molecule has 1 atom stereocenters. The molecule has 2 fully saturated rings. The van der Waals surface area contributed by atoms with Crippen molar-refractivity contribution in [1.29, 1.82) is 0 Å². The van der Waals surface area contributed by atoms with Crippen LogP contribution in [0, 0.1) is 5.82 Å². The highest BCUT2D eigenvalue weighted by Crippen LogP contribution is 2.30. The molecule has 5 rings (SSSR count). The minimum Gasteiger partial charge on any atom is -0.465 e. The Morgan fingerprint density at radius 2 is 2.00 bits per heavy atom. The molecule has 174 valence electrons. The number of carbonyl (C=O) groups is 1. The quantitative estimate of drug-likeness (QED) is 0.396. The fourth-order valence-corrected chi connectivity index (χ4v) is 4.86. The molecule has 4 heterocycles. The normalized spacial score (nSPS) is 19.5. The van der Waals surface area contributed by atoms with Crippen LogP contribution >= 0.6 is 11.6 Å². The molecule has 2 aromatic heterocycles. The lowest BCUT2D eigenvalue weighted by Crippen LogP contribution is -2.35. The van der Waals surface area contributed by atoms with Crippen molar-refractivity contribution < 1.29 is 18.7 Å². The summed E-state index contributed by atoms with van der Waals surface area (Å²) < 4.78 is 27.6. The van der Waals surface area contributed by atoms with E-state index >= 15 is 4.39 Å². The Morgan fingerprint density at radius 3 is 2.67 bits per heavy atom. The third kappa shape index (κ3) is 4.47. The Labute approximate surface area is 196 Å². The van der Waals surface area contributed by atoms with Gasteiger partial charge in [-0.05, 0) is 56.6 Å². The van der Waals surface area contributed by atoms with E-state index in [4.69, 9.17) is 26.1 Å². The zero-order valence-electron chi connectivity index (χ0n) is 18.5. The summed E-state index contributed by atoms with van der Waals surface area (Å²) in [5.41, 5.74) is 1.82. The van der Waals surface area contributed by atoms with Crippen molar-refractivity contribution in [3.05, 3.63) is 58.4 Å². The predicted molar refractivity (Wildman–Crippen MR) is 122 cm³/mol. The second-order valence-electron chi connectivity index (χ2n) is 8.64.